The van der Waals surface area contributed by atoms with Crippen LogP contribution >= 0.6 is 0 Å². The number of aliphatic hydroxyl groups excluding tert-OH is 1. The molecular weight excluding hydrogens is 398 g/mol. The third-order valence-electron chi connectivity index (χ3n) is 7.09. The maximum absolute atomic E-state index is 13.1. The van der Waals surface area contributed by atoms with Gasteiger partial charge in [0, 0.05) is 55.0 Å². The van der Waals surface area contributed by atoms with E-state index in [-0.39, 0.29) is 30.5 Å². The fourth-order valence-electron chi connectivity index (χ4n) is 5.16. The maximum atomic E-state index is 13.1. The van der Waals surface area contributed by atoms with Gasteiger partial charge in [-0.2, -0.15) is 0 Å². The van der Waals surface area contributed by atoms with Crippen molar-refractivity contribution in [3.05, 3.63) is 65.5 Å². The second kappa shape index (κ2) is 9.44. The minimum absolute atomic E-state index is 0.122. The lowest BCUT2D eigenvalue weighted by Crippen LogP contribution is -2.68. The first-order valence-electron chi connectivity index (χ1n) is 11.9. The quantitative estimate of drug-likeness (QED) is 0.760. The number of aromatic nitrogens is 1. The van der Waals surface area contributed by atoms with Crippen molar-refractivity contribution in [2.45, 2.75) is 50.1 Å². The summed E-state index contributed by atoms with van der Waals surface area (Å²) in [6.07, 6.45) is 8.42. The van der Waals surface area contributed by atoms with E-state index in [1.807, 2.05) is 17.0 Å². The average molecular weight is 430 g/mol. The summed E-state index contributed by atoms with van der Waals surface area (Å²) in [7, 11) is 0. The Kier molecular flexibility index (Phi) is 6.25. The number of fused-ring (bicyclic) bond motifs is 1. The van der Waals surface area contributed by atoms with Crippen LogP contribution in [0.4, 0.5) is 0 Å². The molecule has 3 heterocycles. The molecule has 2 aliphatic heterocycles. The normalized spacial score (nSPS) is 25.5. The third-order valence-corrected chi connectivity index (χ3v) is 7.09. The van der Waals surface area contributed by atoms with E-state index in [2.05, 4.69) is 46.0 Å². The van der Waals surface area contributed by atoms with Crippen LogP contribution in [0, 0.1) is 17.8 Å². The van der Waals surface area contributed by atoms with Crippen LogP contribution in [0.5, 0.6) is 0 Å². The Hall–Kier alpha value is -2.68. The van der Waals surface area contributed by atoms with Gasteiger partial charge in [0.05, 0.1) is 13.0 Å². The van der Waals surface area contributed by atoms with Crippen LogP contribution in [0.15, 0.2) is 48.8 Å². The van der Waals surface area contributed by atoms with E-state index in [1.165, 1.54) is 18.4 Å². The largest absolute Gasteiger partial charge is 0.395 e. The van der Waals surface area contributed by atoms with Crippen LogP contribution in [0.1, 0.15) is 48.3 Å². The van der Waals surface area contributed by atoms with Gasteiger partial charge in [0.1, 0.15) is 0 Å². The third kappa shape index (κ3) is 4.57. The Morgan fingerprint density at radius 1 is 1.12 bits per heavy atom. The lowest BCUT2D eigenvalue weighted by Gasteiger charge is -2.57. The van der Waals surface area contributed by atoms with Crippen LogP contribution in [0.2, 0.25) is 0 Å². The molecule has 5 nitrogen and oxygen atoms in total. The van der Waals surface area contributed by atoms with Crippen molar-refractivity contribution in [3.63, 3.8) is 0 Å². The number of hydrogen-bond acceptors (Lipinski definition) is 4. The SMILES string of the molecule is O=C(Cc1cccnc1)N1CCCCN2[C@H](CO)[C@H](c3ccc(C#CC4CC4)cc3)[C@@H]2C1. The highest BCUT2D eigenvalue weighted by Crippen LogP contribution is 2.42. The molecule has 1 aliphatic carbocycles. The molecule has 0 bridgehead atoms. The van der Waals surface area contributed by atoms with Gasteiger partial charge in [-0.25, -0.2) is 0 Å². The molecule has 0 radical (unpaired) electrons. The number of nitrogens with zero attached hydrogens (tertiary/aromatic N) is 3. The Bertz CT molecular complexity index is 991. The molecule has 2 saturated heterocycles. The zero-order valence-corrected chi connectivity index (χ0v) is 18.5. The van der Waals surface area contributed by atoms with Crippen LogP contribution in [0.3, 0.4) is 0 Å². The fourth-order valence-corrected chi connectivity index (χ4v) is 5.16. The standard InChI is InChI=1S/C27H31N3O2/c31-19-25-27(23-11-9-21(10-12-23)8-7-20-5-6-20)24-18-29(14-1-2-15-30(24)25)26(32)16-22-4-3-13-28-17-22/h3-4,9-13,17,20,24-25,27,31H,1-2,5-6,14-16,18-19H2/t24-,25+,27+/m0/s1. The van der Waals surface area contributed by atoms with Crippen molar-refractivity contribution < 1.29 is 9.90 Å². The number of rotatable bonds is 4. The second-order valence-corrected chi connectivity index (χ2v) is 9.33. The lowest BCUT2D eigenvalue weighted by molar-refractivity contribution is -0.135. The molecule has 1 aromatic heterocycles. The minimum atomic E-state index is 0.122. The van der Waals surface area contributed by atoms with Crippen molar-refractivity contribution in [2.75, 3.05) is 26.2 Å². The van der Waals surface area contributed by atoms with Gasteiger partial charge in [0.25, 0.3) is 0 Å². The van der Waals surface area contributed by atoms with Gasteiger partial charge in [-0.3, -0.25) is 14.7 Å². The number of aliphatic hydroxyl groups is 1. The number of carbonyl (C=O) groups is 1. The van der Waals surface area contributed by atoms with Gasteiger partial charge >= 0.3 is 0 Å². The summed E-state index contributed by atoms with van der Waals surface area (Å²) in [6, 6.07) is 12.8. The molecule has 1 N–H and O–H groups in total. The van der Waals surface area contributed by atoms with Gasteiger partial charge in [0.2, 0.25) is 5.91 Å². The van der Waals surface area contributed by atoms with E-state index in [0.29, 0.717) is 18.9 Å². The van der Waals surface area contributed by atoms with Crippen molar-refractivity contribution in [2.24, 2.45) is 5.92 Å². The Balaban J connectivity index is 1.32. The summed E-state index contributed by atoms with van der Waals surface area (Å²) in [5.74, 6) is 7.60. The minimum Gasteiger partial charge on any atom is -0.395 e. The summed E-state index contributed by atoms with van der Waals surface area (Å²) >= 11 is 0. The molecule has 3 atom stereocenters. The zero-order chi connectivity index (χ0) is 21.9. The van der Waals surface area contributed by atoms with Crippen LogP contribution in [0.25, 0.3) is 0 Å². The van der Waals surface area contributed by atoms with Crippen LogP contribution in [-0.2, 0) is 11.2 Å². The molecule has 1 aromatic carbocycles. The van der Waals surface area contributed by atoms with Crippen molar-refractivity contribution >= 4 is 5.91 Å². The Labute approximate surface area is 190 Å². The average Bonchev–Trinajstić information content (AvgIpc) is 3.63. The number of hydrogen-bond donors (Lipinski definition) is 1. The summed E-state index contributed by atoms with van der Waals surface area (Å²) in [5.41, 5.74) is 3.25. The van der Waals surface area contributed by atoms with Gasteiger partial charge < -0.3 is 10.0 Å². The second-order valence-electron chi connectivity index (χ2n) is 9.33. The molecule has 2 aromatic rings. The highest BCUT2D eigenvalue weighted by molar-refractivity contribution is 5.78. The number of amides is 1. The lowest BCUT2D eigenvalue weighted by atomic mass is 9.74. The molecule has 1 saturated carbocycles. The summed E-state index contributed by atoms with van der Waals surface area (Å²) in [5, 5.41) is 10.1. The van der Waals surface area contributed by atoms with E-state index in [9.17, 15) is 9.90 Å². The molecule has 0 unspecified atom stereocenters. The van der Waals surface area contributed by atoms with E-state index in [1.54, 1.807) is 12.4 Å². The Morgan fingerprint density at radius 2 is 1.94 bits per heavy atom. The maximum Gasteiger partial charge on any atom is 0.227 e. The highest BCUT2D eigenvalue weighted by atomic mass is 16.3. The number of pyridine rings is 1. The Morgan fingerprint density at radius 3 is 2.66 bits per heavy atom. The molecule has 5 rings (SSSR count). The summed E-state index contributed by atoms with van der Waals surface area (Å²) < 4.78 is 0. The molecule has 0 spiro atoms. The van der Waals surface area contributed by atoms with Crippen molar-refractivity contribution in [1.82, 2.24) is 14.8 Å². The summed E-state index contributed by atoms with van der Waals surface area (Å²) in [6.45, 7) is 2.65. The topological polar surface area (TPSA) is 56.7 Å². The predicted octanol–water partition coefficient (Wildman–Crippen LogP) is 2.84. The van der Waals surface area contributed by atoms with E-state index < -0.39 is 0 Å². The molecule has 1 amide bonds. The van der Waals surface area contributed by atoms with Gasteiger partial charge in [0.15, 0.2) is 0 Å². The summed E-state index contributed by atoms with van der Waals surface area (Å²) in [4.78, 5) is 21.7. The fraction of sp³-hybridized carbons (Fsp3) is 0.481. The first-order valence-corrected chi connectivity index (χ1v) is 11.9. The molecular formula is C27H31N3O2. The number of carbonyl (C=O) groups excluding carboxylic acids is 1. The zero-order valence-electron chi connectivity index (χ0n) is 18.5. The molecule has 166 valence electrons. The van der Waals surface area contributed by atoms with E-state index in [0.717, 1.165) is 37.1 Å². The van der Waals surface area contributed by atoms with Crippen molar-refractivity contribution in [3.8, 4) is 11.8 Å². The van der Waals surface area contributed by atoms with Gasteiger partial charge in [-0.1, -0.05) is 30.0 Å². The van der Waals surface area contributed by atoms with Crippen molar-refractivity contribution in [1.29, 1.82) is 0 Å². The first-order chi connectivity index (χ1) is 15.7. The monoisotopic (exact) mass is 429 g/mol. The number of benzene rings is 1. The van der Waals surface area contributed by atoms with Crippen LogP contribution < -0.4 is 0 Å². The predicted molar refractivity (Wildman–Crippen MR) is 124 cm³/mol. The van der Waals surface area contributed by atoms with Gasteiger partial charge in [-0.05, 0) is 61.6 Å². The van der Waals surface area contributed by atoms with Crippen LogP contribution in [-0.4, -0.2) is 64.1 Å². The molecule has 3 fully saturated rings. The van der Waals surface area contributed by atoms with Gasteiger partial charge in [-0.15, -0.1) is 0 Å². The van der Waals surface area contributed by atoms with E-state index >= 15 is 0 Å². The highest BCUT2D eigenvalue weighted by Gasteiger charge is 2.49. The molecule has 32 heavy (non-hydrogen) atoms. The molecule has 5 heteroatoms. The molecule has 3 aliphatic rings. The van der Waals surface area contributed by atoms with E-state index in [4.69, 9.17) is 0 Å². The first kappa shape index (κ1) is 21.2. The smallest absolute Gasteiger partial charge is 0.227 e.